The maximum atomic E-state index is 5.21. The molecule has 1 aromatic heterocycles. The van der Waals surface area contributed by atoms with Crippen molar-refractivity contribution in [2.45, 2.75) is 6.42 Å². The number of halogens is 1. The molecule has 0 spiro atoms. The number of benzene rings is 1. The summed E-state index contributed by atoms with van der Waals surface area (Å²) >= 11 is 9.35. The summed E-state index contributed by atoms with van der Waals surface area (Å²) in [5.41, 5.74) is 2.21. The van der Waals surface area contributed by atoms with Crippen molar-refractivity contribution in [3.8, 4) is 16.3 Å². The molecule has 2 nitrogen and oxygen atoms in total. The van der Waals surface area contributed by atoms with Crippen molar-refractivity contribution in [1.29, 1.82) is 0 Å². The number of hydrogen-bond acceptors (Lipinski definition) is 4. The fraction of sp³-hybridized carbons (Fsp3) is 0.250. The number of hydrogen-bond donors (Lipinski definition) is 1. The van der Waals surface area contributed by atoms with Crippen molar-refractivity contribution in [2.75, 3.05) is 12.9 Å². The predicted octanol–water partition coefficient (Wildman–Crippen LogP) is 4.05. The molecular formula is C12H12BrNOS2. The van der Waals surface area contributed by atoms with Gasteiger partial charge in [0.25, 0.3) is 0 Å². The summed E-state index contributed by atoms with van der Waals surface area (Å²) < 4.78 is 6.15. The highest BCUT2D eigenvalue weighted by Crippen LogP contribution is 2.31. The molecule has 0 N–H and O–H groups in total. The first-order valence-electron chi connectivity index (χ1n) is 5.13. The number of thiazole rings is 1. The Balaban J connectivity index is 2.29. The SMILES string of the molecule is COc1ccc(-c2nc(CCS)cs2)cc1Br. The van der Waals surface area contributed by atoms with E-state index in [4.69, 9.17) is 4.74 Å². The zero-order valence-corrected chi connectivity index (χ0v) is 12.6. The number of nitrogens with zero attached hydrogens (tertiary/aromatic N) is 1. The van der Waals surface area contributed by atoms with Gasteiger partial charge in [-0.05, 0) is 46.3 Å². The van der Waals surface area contributed by atoms with Gasteiger partial charge in [0.05, 0.1) is 17.3 Å². The number of aryl methyl sites for hydroxylation is 1. The maximum Gasteiger partial charge on any atom is 0.133 e. The number of aromatic nitrogens is 1. The highest BCUT2D eigenvalue weighted by Gasteiger charge is 2.07. The number of methoxy groups -OCH3 is 1. The fourth-order valence-corrected chi connectivity index (χ4v) is 3.09. The van der Waals surface area contributed by atoms with Crippen molar-refractivity contribution in [3.63, 3.8) is 0 Å². The second kappa shape index (κ2) is 5.89. The summed E-state index contributed by atoms with van der Waals surface area (Å²) in [4.78, 5) is 4.57. The van der Waals surface area contributed by atoms with Crippen LogP contribution in [0.1, 0.15) is 5.69 Å². The third kappa shape index (κ3) is 3.03. The van der Waals surface area contributed by atoms with Gasteiger partial charge in [-0.25, -0.2) is 4.98 Å². The van der Waals surface area contributed by atoms with Gasteiger partial charge in [0, 0.05) is 10.9 Å². The standard InChI is InChI=1S/C12H12BrNOS2/c1-15-11-3-2-8(6-10(11)13)12-14-9(4-5-16)7-17-12/h2-3,6-7,16H,4-5H2,1H3. The molecule has 1 aromatic carbocycles. The molecule has 0 fully saturated rings. The third-order valence-corrected chi connectivity index (χ3v) is 4.10. The van der Waals surface area contributed by atoms with Crippen LogP contribution >= 0.6 is 39.9 Å². The normalized spacial score (nSPS) is 10.5. The van der Waals surface area contributed by atoms with E-state index in [1.165, 1.54) is 0 Å². The van der Waals surface area contributed by atoms with Crippen molar-refractivity contribution in [3.05, 3.63) is 33.7 Å². The number of ether oxygens (including phenoxy) is 1. The van der Waals surface area contributed by atoms with Gasteiger partial charge in [-0.2, -0.15) is 12.6 Å². The van der Waals surface area contributed by atoms with E-state index in [2.05, 4.69) is 38.9 Å². The van der Waals surface area contributed by atoms with Crippen molar-refractivity contribution in [2.24, 2.45) is 0 Å². The lowest BCUT2D eigenvalue weighted by molar-refractivity contribution is 0.412. The maximum absolute atomic E-state index is 5.21. The second-order valence-electron chi connectivity index (χ2n) is 3.47. The van der Waals surface area contributed by atoms with Gasteiger partial charge in [-0.3, -0.25) is 0 Å². The zero-order valence-electron chi connectivity index (χ0n) is 9.31. The minimum atomic E-state index is 0.829. The average Bonchev–Trinajstić information content (AvgIpc) is 2.78. The molecule has 0 saturated carbocycles. The summed E-state index contributed by atoms with van der Waals surface area (Å²) in [7, 11) is 1.66. The van der Waals surface area contributed by atoms with Gasteiger partial charge in [0.2, 0.25) is 0 Å². The Morgan fingerprint density at radius 3 is 2.94 bits per heavy atom. The molecule has 0 aliphatic rings. The monoisotopic (exact) mass is 329 g/mol. The predicted molar refractivity (Wildman–Crippen MR) is 79.4 cm³/mol. The van der Waals surface area contributed by atoms with Gasteiger partial charge >= 0.3 is 0 Å². The lowest BCUT2D eigenvalue weighted by Gasteiger charge is -2.04. The Kier molecular flexibility index (Phi) is 4.48. The molecular weight excluding hydrogens is 318 g/mol. The molecule has 5 heteroatoms. The van der Waals surface area contributed by atoms with Gasteiger partial charge in [-0.1, -0.05) is 0 Å². The molecule has 90 valence electrons. The topological polar surface area (TPSA) is 22.1 Å². The Morgan fingerprint density at radius 2 is 2.29 bits per heavy atom. The summed E-state index contributed by atoms with van der Waals surface area (Å²) in [6.07, 6.45) is 0.914. The van der Waals surface area contributed by atoms with Crippen LogP contribution in [0.5, 0.6) is 5.75 Å². The first-order chi connectivity index (χ1) is 8.24. The summed E-state index contributed by atoms with van der Waals surface area (Å²) in [6, 6.07) is 5.99. The van der Waals surface area contributed by atoms with Gasteiger partial charge < -0.3 is 4.74 Å². The Hall–Kier alpha value is -0.520. The minimum Gasteiger partial charge on any atom is -0.496 e. The highest BCUT2D eigenvalue weighted by molar-refractivity contribution is 9.10. The van der Waals surface area contributed by atoms with E-state index in [1.807, 2.05) is 18.2 Å². The average molecular weight is 330 g/mol. The van der Waals surface area contributed by atoms with Crippen LogP contribution in [0, 0.1) is 0 Å². The third-order valence-electron chi connectivity index (χ3n) is 2.32. The zero-order chi connectivity index (χ0) is 12.3. The summed E-state index contributed by atoms with van der Waals surface area (Å²) in [5.74, 6) is 1.66. The van der Waals surface area contributed by atoms with Crippen molar-refractivity contribution >= 4 is 39.9 Å². The molecule has 0 saturated heterocycles. The van der Waals surface area contributed by atoms with Crippen molar-refractivity contribution < 1.29 is 4.74 Å². The van der Waals surface area contributed by atoms with Crippen LogP contribution in [0.15, 0.2) is 28.1 Å². The van der Waals surface area contributed by atoms with Crippen LogP contribution in [0.2, 0.25) is 0 Å². The van der Waals surface area contributed by atoms with Crippen LogP contribution in [0.3, 0.4) is 0 Å². The largest absolute Gasteiger partial charge is 0.496 e. The van der Waals surface area contributed by atoms with Crippen LogP contribution in [0.4, 0.5) is 0 Å². The van der Waals surface area contributed by atoms with E-state index >= 15 is 0 Å². The first kappa shape index (κ1) is 12.9. The van der Waals surface area contributed by atoms with E-state index in [1.54, 1.807) is 18.4 Å². The van der Waals surface area contributed by atoms with Crippen LogP contribution in [-0.4, -0.2) is 17.8 Å². The molecule has 2 aromatic rings. The lowest BCUT2D eigenvalue weighted by atomic mass is 10.2. The summed E-state index contributed by atoms with van der Waals surface area (Å²) in [6.45, 7) is 0. The minimum absolute atomic E-state index is 0.829. The molecule has 2 rings (SSSR count). The Morgan fingerprint density at radius 1 is 1.47 bits per heavy atom. The summed E-state index contributed by atoms with van der Waals surface area (Å²) in [5, 5.41) is 3.12. The van der Waals surface area contributed by atoms with E-state index in [9.17, 15) is 0 Å². The van der Waals surface area contributed by atoms with E-state index in [-0.39, 0.29) is 0 Å². The first-order valence-corrected chi connectivity index (χ1v) is 7.44. The second-order valence-corrected chi connectivity index (χ2v) is 5.63. The van der Waals surface area contributed by atoms with Gasteiger partial charge in [-0.15, -0.1) is 11.3 Å². The molecule has 0 aliphatic carbocycles. The molecule has 1 heterocycles. The Bertz CT molecular complexity index is 513. The van der Waals surface area contributed by atoms with Crippen LogP contribution in [0.25, 0.3) is 10.6 Å². The number of thiol groups is 1. The molecule has 17 heavy (non-hydrogen) atoms. The van der Waals surface area contributed by atoms with E-state index in [0.29, 0.717) is 0 Å². The van der Waals surface area contributed by atoms with Crippen LogP contribution < -0.4 is 4.74 Å². The molecule has 0 aliphatic heterocycles. The molecule has 0 bridgehead atoms. The quantitative estimate of drug-likeness (QED) is 0.854. The number of rotatable bonds is 4. The smallest absolute Gasteiger partial charge is 0.133 e. The van der Waals surface area contributed by atoms with Gasteiger partial charge in [0.1, 0.15) is 10.8 Å². The fourth-order valence-electron chi connectivity index (χ4n) is 1.47. The van der Waals surface area contributed by atoms with E-state index < -0.39 is 0 Å². The molecule has 0 amide bonds. The Labute approximate surface area is 119 Å². The van der Waals surface area contributed by atoms with Gasteiger partial charge in [0.15, 0.2) is 0 Å². The van der Waals surface area contributed by atoms with Crippen LogP contribution in [-0.2, 0) is 6.42 Å². The molecule has 0 atom stereocenters. The highest BCUT2D eigenvalue weighted by atomic mass is 79.9. The van der Waals surface area contributed by atoms with Crippen molar-refractivity contribution in [1.82, 2.24) is 4.98 Å². The molecule has 0 unspecified atom stereocenters. The van der Waals surface area contributed by atoms with E-state index in [0.717, 1.165) is 38.7 Å². The lowest BCUT2D eigenvalue weighted by Crippen LogP contribution is -1.87. The molecule has 0 radical (unpaired) electrons.